The lowest BCUT2D eigenvalue weighted by Gasteiger charge is -2.02. The molecule has 0 unspecified atom stereocenters. The van der Waals surface area contributed by atoms with Crippen LogP contribution in [0.4, 0.5) is 0 Å². The van der Waals surface area contributed by atoms with Crippen molar-refractivity contribution in [2.75, 3.05) is 19.6 Å². The van der Waals surface area contributed by atoms with E-state index in [-0.39, 0.29) is 5.78 Å². The number of carbonyl (C=O) groups excluding carboxylic acids is 1. The Balaban J connectivity index is 2.01. The molecule has 0 aromatic heterocycles. The van der Waals surface area contributed by atoms with Crippen LogP contribution in [0.15, 0.2) is 16.8 Å². The first-order valence-electron chi connectivity index (χ1n) is 5.47. The minimum atomic E-state index is 0.245. The number of carbonyl (C=O) groups is 1. The van der Waals surface area contributed by atoms with Crippen molar-refractivity contribution in [2.24, 2.45) is 10.7 Å². The largest absolute Gasteiger partial charge is 0.330 e. The summed E-state index contributed by atoms with van der Waals surface area (Å²) in [5, 5.41) is 3.07. The van der Waals surface area contributed by atoms with Crippen LogP contribution in [0.2, 0.25) is 0 Å². The standard InChI is InChI=1S/C11H19N3O/c12-6-2-7-13-9-11(15)5-4-10-3-1-8-14-10/h3,8,13H,1-2,4-7,9,12H2. The summed E-state index contributed by atoms with van der Waals surface area (Å²) in [6, 6.07) is 0. The number of aliphatic imine (C=N–C) groups is 1. The number of nitrogens with zero attached hydrogens (tertiary/aromatic N) is 1. The fraction of sp³-hybridized carbons (Fsp3) is 0.636. The normalized spacial score (nSPS) is 14.3. The summed E-state index contributed by atoms with van der Waals surface area (Å²) < 4.78 is 0. The molecule has 0 aromatic rings. The molecule has 0 amide bonds. The average molecular weight is 209 g/mol. The second kappa shape index (κ2) is 7.31. The van der Waals surface area contributed by atoms with Gasteiger partial charge in [0.05, 0.1) is 6.54 Å². The molecule has 0 saturated carbocycles. The van der Waals surface area contributed by atoms with Crippen molar-refractivity contribution in [2.45, 2.75) is 25.7 Å². The van der Waals surface area contributed by atoms with E-state index < -0.39 is 0 Å². The van der Waals surface area contributed by atoms with Crippen molar-refractivity contribution in [3.63, 3.8) is 0 Å². The quantitative estimate of drug-likeness (QED) is 0.576. The molecule has 1 rings (SSSR count). The molecular formula is C11H19N3O. The maximum absolute atomic E-state index is 11.4. The summed E-state index contributed by atoms with van der Waals surface area (Å²) in [5.41, 5.74) is 6.39. The first kappa shape index (κ1) is 12.1. The van der Waals surface area contributed by atoms with Gasteiger partial charge in [-0.25, -0.2) is 0 Å². The summed E-state index contributed by atoms with van der Waals surface area (Å²) in [4.78, 5) is 15.6. The Kier molecular flexibility index (Phi) is 5.88. The number of hydrogen-bond acceptors (Lipinski definition) is 4. The highest BCUT2D eigenvalue weighted by Crippen LogP contribution is 2.11. The predicted octanol–water partition coefficient (Wildman–Crippen LogP) is 0.632. The van der Waals surface area contributed by atoms with Gasteiger partial charge in [-0.05, 0) is 25.9 Å². The van der Waals surface area contributed by atoms with E-state index in [0.29, 0.717) is 19.5 Å². The number of nitrogens with one attached hydrogen (secondary N) is 1. The Morgan fingerprint density at radius 2 is 2.47 bits per heavy atom. The molecule has 84 valence electrons. The second-order valence-electron chi connectivity index (χ2n) is 3.60. The van der Waals surface area contributed by atoms with E-state index >= 15 is 0 Å². The van der Waals surface area contributed by atoms with Crippen molar-refractivity contribution in [1.29, 1.82) is 0 Å². The molecule has 4 nitrogen and oxygen atoms in total. The second-order valence-corrected chi connectivity index (χ2v) is 3.60. The van der Waals surface area contributed by atoms with Gasteiger partial charge in [-0.1, -0.05) is 6.08 Å². The highest BCUT2D eigenvalue weighted by atomic mass is 16.1. The lowest BCUT2D eigenvalue weighted by Crippen LogP contribution is -2.25. The van der Waals surface area contributed by atoms with Gasteiger partial charge in [0.15, 0.2) is 0 Å². The van der Waals surface area contributed by atoms with Crippen LogP contribution in [-0.4, -0.2) is 31.6 Å². The molecule has 4 heteroatoms. The van der Waals surface area contributed by atoms with Crippen molar-refractivity contribution in [3.8, 4) is 0 Å². The Morgan fingerprint density at radius 3 is 3.13 bits per heavy atom. The molecule has 15 heavy (non-hydrogen) atoms. The SMILES string of the molecule is NCCCNCC(=O)CCC1=CCC=N1. The van der Waals surface area contributed by atoms with Gasteiger partial charge >= 0.3 is 0 Å². The lowest BCUT2D eigenvalue weighted by atomic mass is 10.2. The molecule has 0 spiro atoms. The first-order valence-corrected chi connectivity index (χ1v) is 5.47. The molecule has 0 bridgehead atoms. The van der Waals surface area contributed by atoms with Crippen LogP contribution < -0.4 is 11.1 Å². The molecule has 3 N–H and O–H groups in total. The highest BCUT2D eigenvalue weighted by Gasteiger charge is 2.04. The molecule has 0 fully saturated rings. The van der Waals surface area contributed by atoms with Gasteiger partial charge in [0.1, 0.15) is 5.78 Å². The smallest absolute Gasteiger partial charge is 0.147 e. The molecule has 0 saturated heterocycles. The zero-order valence-corrected chi connectivity index (χ0v) is 9.04. The van der Waals surface area contributed by atoms with E-state index in [1.165, 1.54) is 0 Å². The average Bonchev–Trinajstić information content (AvgIpc) is 2.74. The van der Waals surface area contributed by atoms with Gasteiger partial charge in [0, 0.05) is 24.8 Å². The summed E-state index contributed by atoms with van der Waals surface area (Å²) in [6.07, 6.45) is 7.13. The van der Waals surface area contributed by atoms with E-state index in [2.05, 4.69) is 16.4 Å². The van der Waals surface area contributed by atoms with Crippen molar-refractivity contribution >= 4 is 12.0 Å². The molecule has 1 aliphatic heterocycles. The zero-order valence-electron chi connectivity index (χ0n) is 9.04. The lowest BCUT2D eigenvalue weighted by molar-refractivity contribution is -0.118. The fourth-order valence-corrected chi connectivity index (χ4v) is 1.39. The van der Waals surface area contributed by atoms with E-state index in [0.717, 1.165) is 31.5 Å². The van der Waals surface area contributed by atoms with E-state index in [4.69, 9.17) is 5.73 Å². The number of ketones is 1. The topological polar surface area (TPSA) is 67.5 Å². The fourth-order valence-electron chi connectivity index (χ4n) is 1.39. The number of nitrogens with two attached hydrogens (primary N) is 1. The van der Waals surface area contributed by atoms with Crippen LogP contribution in [0.1, 0.15) is 25.7 Å². The minimum absolute atomic E-state index is 0.245. The van der Waals surface area contributed by atoms with E-state index in [9.17, 15) is 4.79 Å². The van der Waals surface area contributed by atoms with Crippen LogP contribution >= 0.6 is 0 Å². The minimum Gasteiger partial charge on any atom is -0.330 e. The van der Waals surface area contributed by atoms with Gasteiger partial charge in [-0.2, -0.15) is 0 Å². The highest BCUT2D eigenvalue weighted by molar-refractivity contribution is 5.80. The van der Waals surface area contributed by atoms with Crippen molar-refractivity contribution < 1.29 is 4.79 Å². The van der Waals surface area contributed by atoms with Crippen LogP contribution in [0, 0.1) is 0 Å². The zero-order chi connectivity index (χ0) is 10.9. The Labute approximate surface area is 90.6 Å². The third-order valence-electron chi connectivity index (χ3n) is 2.26. The molecule has 0 aliphatic carbocycles. The van der Waals surface area contributed by atoms with E-state index in [1.54, 1.807) is 0 Å². The maximum atomic E-state index is 11.4. The first-order chi connectivity index (χ1) is 7.33. The molecule has 0 aromatic carbocycles. The Bertz CT molecular complexity index is 259. The number of allylic oxidation sites excluding steroid dienone is 2. The van der Waals surface area contributed by atoms with Crippen molar-refractivity contribution in [1.82, 2.24) is 5.32 Å². The van der Waals surface area contributed by atoms with Crippen LogP contribution in [0.3, 0.4) is 0 Å². The molecular weight excluding hydrogens is 190 g/mol. The third-order valence-corrected chi connectivity index (χ3v) is 2.26. The molecule has 1 heterocycles. The van der Waals surface area contributed by atoms with Gasteiger partial charge in [0.25, 0.3) is 0 Å². The summed E-state index contributed by atoms with van der Waals surface area (Å²) in [5.74, 6) is 0.245. The summed E-state index contributed by atoms with van der Waals surface area (Å²) in [6.45, 7) is 1.95. The van der Waals surface area contributed by atoms with Gasteiger partial charge in [-0.3, -0.25) is 9.79 Å². The van der Waals surface area contributed by atoms with Crippen LogP contribution in [0.5, 0.6) is 0 Å². The van der Waals surface area contributed by atoms with Crippen LogP contribution in [-0.2, 0) is 4.79 Å². The van der Waals surface area contributed by atoms with Gasteiger partial charge in [0.2, 0.25) is 0 Å². The third kappa shape index (κ3) is 5.44. The number of rotatable bonds is 8. The predicted molar refractivity (Wildman–Crippen MR) is 62.0 cm³/mol. The van der Waals surface area contributed by atoms with Crippen LogP contribution in [0.25, 0.3) is 0 Å². The monoisotopic (exact) mass is 209 g/mol. The van der Waals surface area contributed by atoms with Crippen molar-refractivity contribution in [3.05, 3.63) is 11.8 Å². The number of Topliss-reactive ketones (excluding diaryl/α,β-unsaturated/α-hetero) is 1. The molecule has 1 aliphatic rings. The molecule has 0 radical (unpaired) electrons. The Hall–Kier alpha value is -1.00. The van der Waals surface area contributed by atoms with Gasteiger partial charge < -0.3 is 11.1 Å². The van der Waals surface area contributed by atoms with E-state index in [1.807, 2.05) is 6.21 Å². The maximum Gasteiger partial charge on any atom is 0.147 e. The Morgan fingerprint density at radius 1 is 1.60 bits per heavy atom. The molecule has 0 atom stereocenters. The van der Waals surface area contributed by atoms with Gasteiger partial charge in [-0.15, -0.1) is 0 Å². The summed E-state index contributed by atoms with van der Waals surface area (Å²) >= 11 is 0. The number of hydrogen-bond donors (Lipinski definition) is 2. The summed E-state index contributed by atoms with van der Waals surface area (Å²) in [7, 11) is 0.